The van der Waals surface area contributed by atoms with E-state index in [1.807, 2.05) is 0 Å². The van der Waals surface area contributed by atoms with E-state index in [0.29, 0.717) is 17.6 Å². The van der Waals surface area contributed by atoms with Crippen molar-refractivity contribution in [1.82, 2.24) is 9.97 Å². The topological polar surface area (TPSA) is 61.0 Å². The molecule has 1 heterocycles. The van der Waals surface area contributed by atoms with Gasteiger partial charge >= 0.3 is 0 Å². The van der Waals surface area contributed by atoms with E-state index in [2.05, 4.69) is 23.8 Å². The van der Waals surface area contributed by atoms with Crippen LogP contribution in [0.1, 0.15) is 25.8 Å². The van der Waals surface area contributed by atoms with Gasteiger partial charge in [0, 0.05) is 13.3 Å². The molecule has 72 valence electrons. The second-order valence-electron chi connectivity index (χ2n) is 3.24. The van der Waals surface area contributed by atoms with Crippen LogP contribution in [-0.2, 0) is 4.74 Å². The minimum atomic E-state index is -0.0801. The zero-order chi connectivity index (χ0) is 9.84. The zero-order valence-corrected chi connectivity index (χ0v) is 8.19. The van der Waals surface area contributed by atoms with E-state index in [0.717, 1.165) is 0 Å². The predicted octanol–water partition coefficient (Wildman–Crippen LogP) is 1.40. The van der Waals surface area contributed by atoms with Gasteiger partial charge in [-0.25, -0.2) is 9.97 Å². The zero-order valence-electron chi connectivity index (χ0n) is 8.19. The van der Waals surface area contributed by atoms with Crippen LogP contribution in [0, 0.1) is 5.92 Å². The van der Waals surface area contributed by atoms with Gasteiger partial charge in [0.15, 0.2) is 5.82 Å². The first kappa shape index (κ1) is 9.92. The van der Waals surface area contributed by atoms with Crippen LogP contribution < -0.4 is 5.73 Å². The molecule has 0 fully saturated rings. The molecule has 0 aromatic carbocycles. The summed E-state index contributed by atoms with van der Waals surface area (Å²) in [6, 6.07) is 1.66. The average Bonchev–Trinajstić information content (AvgIpc) is 2.04. The van der Waals surface area contributed by atoms with Crippen LogP contribution in [0.3, 0.4) is 0 Å². The summed E-state index contributed by atoms with van der Waals surface area (Å²) in [5.41, 5.74) is 5.54. The van der Waals surface area contributed by atoms with Gasteiger partial charge in [-0.3, -0.25) is 0 Å². The van der Waals surface area contributed by atoms with Crippen molar-refractivity contribution in [1.29, 1.82) is 0 Å². The fourth-order valence-corrected chi connectivity index (χ4v) is 1.20. The smallest absolute Gasteiger partial charge is 0.159 e. The number of nitrogen functional groups attached to an aromatic ring is 1. The Kier molecular flexibility index (Phi) is 3.19. The summed E-state index contributed by atoms with van der Waals surface area (Å²) in [5.74, 6) is 1.47. The van der Waals surface area contributed by atoms with E-state index in [-0.39, 0.29) is 6.10 Å². The molecule has 0 saturated carbocycles. The first-order chi connectivity index (χ1) is 6.15. The monoisotopic (exact) mass is 181 g/mol. The van der Waals surface area contributed by atoms with Crippen molar-refractivity contribution in [2.75, 3.05) is 12.8 Å². The van der Waals surface area contributed by atoms with Crippen molar-refractivity contribution in [3.05, 3.63) is 18.1 Å². The second kappa shape index (κ2) is 4.18. The fourth-order valence-electron chi connectivity index (χ4n) is 1.20. The van der Waals surface area contributed by atoms with E-state index < -0.39 is 0 Å². The molecule has 1 rings (SSSR count). The van der Waals surface area contributed by atoms with Gasteiger partial charge in [-0.15, -0.1) is 0 Å². The molecule has 1 atom stereocenters. The van der Waals surface area contributed by atoms with Crippen molar-refractivity contribution in [2.24, 2.45) is 5.92 Å². The Bertz CT molecular complexity index is 275. The van der Waals surface area contributed by atoms with E-state index >= 15 is 0 Å². The summed E-state index contributed by atoms with van der Waals surface area (Å²) in [4.78, 5) is 8.22. The van der Waals surface area contributed by atoms with Crippen LogP contribution >= 0.6 is 0 Å². The molecule has 0 radical (unpaired) electrons. The van der Waals surface area contributed by atoms with E-state index in [4.69, 9.17) is 10.5 Å². The molecule has 0 spiro atoms. The van der Waals surface area contributed by atoms with Gasteiger partial charge < -0.3 is 10.5 Å². The van der Waals surface area contributed by atoms with E-state index in [9.17, 15) is 0 Å². The lowest BCUT2D eigenvalue weighted by Gasteiger charge is -2.17. The van der Waals surface area contributed by atoms with Crippen LogP contribution in [0.4, 0.5) is 5.82 Å². The predicted molar refractivity (Wildman–Crippen MR) is 51.0 cm³/mol. The highest BCUT2D eigenvalue weighted by atomic mass is 16.5. The Morgan fingerprint density at radius 1 is 1.46 bits per heavy atom. The van der Waals surface area contributed by atoms with Crippen LogP contribution in [0.2, 0.25) is 0 Å². The highest BCUT2D eigenvalue weighted by Gasteiger charge is 2.17. The minimum Gasteiger partial charge on any atom is -0.384 e. The number of hydrogen-bond donors (Lipinski definition) is 1. The van der Waals surface area contributed by atoms with Gasteiger partial charge in [-0.1, -0.05) is 13.8 Å². The molecule has 0 aliphatic rings. The van der Waals surface area contributed by atoms with Crippen molar-refractivity contribution in [3.63, 3.8) is 0 Å². The highest BCUT2D eigenvalue weighted by Crippen LogP contribution is 2.21. The number of hydrogen-bond acceptors (Lipinski definition) is 4. The second-order valence-corrected chi connectivity index (χ2v) is 3.24. The number of aromatic nitrogens is 2. The molecular formula is C9H15N3O. The first-order valence-corrected chi connectivity index (χ1v) is 4.26. The quantitative estimate of drug-likeness (QED) is 0.765. The molecule has 0 aliphatic carbocycles. The van der Waals surface area contributed by atoms with Crippen LogP contribution in [0.5, 0.6) is 0 Å². The Morgan fingerprint density at radius 2 is 2.15 bits per heavy atom. The lowest BCUT2D eigenvalue weighted by Crippen LogP contribution is -2.13. The Balaban J connectivity index is 2.91. The summed E-state index contributed by atoms with van der Waals surface area (Å²) in [7, 11) is 1.65. The molecule has 0 bridgehead atoms. The SMILES string of the molecule is COC(c1nccc(N)n1)C(C)C. The Morgan fingerprint density at radius 3 is 2.62 bits per heavy atom. The van der Waals surface area contributed by atoms with Crippen molar-refractivity contribution in [2.45, 2.75) is 20.0 Å². The number of nitrogens with two attached hydrogens (primary N) is 1. The molecule has 1 unspecified atom stereocenters. The van der Waals surface area contributed by atoms with Gasteiger partial charge in [-0.05, 0) is 12.0 Å². The lowest BCUT2D eigenvalue weighted by atomic mass is 10.1. The Labute approximate surface area is 78.1 Å². The average molecular weight is 181 g/mol. The number of ether oxygens (including phenoxy) is 1. The largest absolute Gasteiger partial charge is 0.384 e. The van der Waals surface area contributed by atoms with Gasteiger partial charge in [-0.2, -0.15) is 0 Å². The molecule has 4 heteroatoms. The molecule has 0 aliphatic heterocycles. The molecule has 1 aromatic rings. The summed E-state index contributed by atoms with van der Waals surface area (Å²) >= 11 is 0. The number of methoxy groups -OCH3 is 1. The number of rotatable bonds is 3. The third kappa shape index (κ3) is 2.39. The Hall–Kier alpha value is -1.16. The van der Waals surface area contributed by atoms with Crippen molar-refractivity contribution >= 4 is 5.82 Å². The number of anilines is 1. The minimum absolute atomic E-state index is 0.0801. The van der Waals surface area contributed by atoms with Crippen LogP contribution in [0.25, 0.3) is 0 Å². The summed E-state index contributed by atoms with van der Waals surface area (Å²) < 4.78 is 5.27. The van der Waals surface area contributed by atoms with Gasteiger partial charge in [0.25, 0.3) is 0 Å². The maximum absolute atomic E-state index is 5.54. The molecule has 1 aromatic heterocycles. The third-order valence-corrected chi connectivity index (χ3v) is 1.81. The van der Waals surface area contributed by atoms with E-state index in [1.54, 1.807) is 19.4 Å². The fraction of sp³-hybridized carbons (Fsp3) is 0.556. The molecule has 13 heavy (non-hydrogen) atoms. The van der Waals surface area contributed by atoms with Gasteiger partial charge in [0.1, 0.15) is 11.9 Å². The van der Waals surface area contributed by atoms with Crippen LogP contribution in [0.15, 0.2) is 12.3 Å². The van der Waals surface area contributed by atoms with Gasteiger partial charge in [0.05, 0.1) is 0 Å². The highest BCUT2D eigenvalue weighted by molar-refractivity contribution is 5.25. The molecule has 0 amide bonds. The maximum atomic E-state index is 5.54. The molecule has 4 nitrogen and oxygen atoms in total. The third-order valence-electron chi connectivity index (χ3n) is 1.81. The first-order valence-electron chi connectivity index (χ1n) is 4.26. The molecule has 2 N–H and O–H groups in total. The van der Waals surface area contributed by atoms with Crippen LogP contribution in [-0.4, -0.2) is 17.1 Å². The van der Waals surface area contributed by atoms with Gasteiger partial charge in [0.2, 0.25) is 0 Å². The summed E-state index contributed by atoms with van der Waals surface area (Å²) in [5, 5.41) is 0. The van der Waals surface area contributed by atoms with E-state index in [1.165, 1.54) is 0 Å². The standard InChI is InChI=1S/C9H15N3O/c1-6(2)8(13-3)9-11-5-4-7(10)12-9/h4-6,8H,1-3H3,(H2,10,11,12). The lowest BCUT2D eigenvalue weighted by molar-refractivity contribution is 0.0576. The normalized spacial score (nSPS) is 13.2. The molecular weight excluding hydrogens is 166 g/mol. The molecule has 0 saturated heterocycles. The number of nitrogens with zero attached hydrogens (tertiary/aromatic N) is 2. The van der Waals surface area contributed by atoms with Crippen molar-refractivity contribution < 1.29 is 4.74 Å². The maximum Gasteiger partial charge on any atom is 0.159 e. The van der Waals surface area contributed by atoms with Crippen molar-refractivity contribution in [3.8, 4) is 0 Å². The summed E-state index contributed by atoms with van der Waals surface area (Å²) in [6.45, 7) is 4.11. The summed E-state index contributed by atoms with van der Waals surface area (Å²) in [6.07, 6.45) is 1.56.